The number of hydrogen-bond acceptors (Lipinski definition) is 3. The molecular weight excluding hydrogens is 266 g/mol. The Kier molecular flexibility index (Phi) is 5.67. The third kappa shape index (κ3) is 5.83. The zero-order valence-corrected chi connectivity index (χ0v) is 14.5. The molecule has 0 aromatic heterocycles. The van der Waals surface area contributed by atoms with Crippen molar-refractivity contribution in [2.75, 3.05) is 6.61 Å². The molecule has 0 aromatic rings. The van der Waals surface area contributed by atoms with Crippen LogP contribution in [0.25, 0.3) is 0 Å². The molecule has 1 fully saturated rings. The monoisotopic (exact) mass is 299 g/mol. The van der Waals surface area contributed by atoms with Gasteiger partial charge in [0.2, 0.25) is 0 Å². The Morgan fingerprint density at radius 2 is 1.81 bits per heavy atom. The van der Waals surface area contributed by atoms with Crippen LogP contribution in [-0.2, 0) is 0 Å². The molecule has 0 spiro atoms. The van der Waals surface area contributed by atoms with Gasteiger partial charge >= 0.3 is 6.03 Å². The van der Waals surface area contributed by atoms with E-state index < -0.39 is 0 Å². The molecule has 1 saturated heterocycles. The Balaban J connectivity index is 2.62. The number of aliphatic hydroxyl groups is 1. The second kappa shape index (κ2) is 6.53. The van der Waals surface area contributed by atoms with Crippen LogP contribution in [0, 0.1) is 0 Å². The molecule has 2 amide bonds. The van der Waals surface area contributed by atoms with Gasteiger partial charge in [0.25, 0.3) is 0 Å². The fourth-order valence-corrected chi connectivity index (χ4v) is 3.49. The van der Waals surface area contributed by atoms with Crippen molar-refractivity contribution >= 4 is 6.03 Å². The van der Waals surface area contributed by atoms with Crippen LogP contribution >= 0.6 is 0 Å². The van der Waals surface area contributed by atoms with Gasteiger partial charge in [-0.3, -0.25) is 0 Å². The Bertz CT molecular complexity index is 353. The Morgan fingerprint density at radius 1 is 1.29 bits per heavy atom. The van der Waals surface area contributed by atoms with Gasteiger partial charge in [0, 0.05) is 29.3 Å². The zero-order chi connectivity index (χ0) is 16.3. The normalized spacial score (nSPS) is 24.1. The summed E-state index contributed by atoms with van der Waals surface area (Å²) in [5.74, 6) is 0. The van der Waals surface area contributed by atoms with E-state index in [-0.39, 0.29) is 35.3 Å². The summed E-state index contributed by atoms with van der Waals surface area (Å²) >= 11 is 0. The summed E-state index contributed by atoms with van der Waals surface area (Å²) in [4.78, 5) is 12.3. The maximum absolute atomic E-state index is 12.3. The summed E-state index contributed by atoms with van der Waals surface area (Å²) in [6, 6.07) is 0.0257. The Morgan fingerprint density at radius 3 is 2.24 bits per heavy atom. The lowest BCUT2D eigenvalue weighted by atomic mass is 9.79. The molecule has 1 rings (SSSR count). The second-order valence-corrected chi connectivity index (χ2v) is 7.98. The highest BCUT2D eigenvalue weighted by Gasteiger charge is 2.38. The summed E-state index contributed by atoms with van der Waals surface area (Å²) in [6.45, 7) is 12.7. The second-order valence-electron chi connectivity index (χ2n) is 7.98. The first-order valence-electron chi connectivity index (χ1n) is 8.00. The molecule has 0 aliphatic carbocycles. The summed E-state index contributed by atoms with van der Waals surface area (Å²) in [7, 11) is 0. The van der Waals surface area contributed by atoms with Gasteiger partial charge in [-0.2, -0.15) is 0 Å². The molecule has 0 saturated carbocycles. The number of nitrogens with one attached hydrogen (secondary N) is 3. The molecule has 0 bridgehead atoms. The molecule has 0 radical (unpaired) electrons. The minimum absolute atomic E-state index is 0.0128. The fourth-order valence-electron chi connectivity index (χ4n) is 3.49. The van der Waals surface area contributed by atoms with Crippen LogP contribution in [-0.4, -0.2) is 40.4 Å². The maximum atomic E-state index is 12.3. The number of rotatable bonds is 5. The molecule has 21 heavy (non-hydrogen) atoms. The lowest BCUT2D eigenvalue weighted by Crippen LogP contribution is -2.63. The lowest BCUT2D eigenvalue weighted by Gasteiger charge is -2.46. The molecule has 1 heterocycles. The van der Waals surface area contributed by atoms with E-state index in [1.807, 2.05) is 13.8 Å². The van der Waals surface area contributed by atoms with E-state index in [2.05, 4.69) is 43.6 Å². The van der Waals surface area contributed by atoms with Crippen LogP contribution in [0.3, 0.4) is 0 Å². The molecule has 4 N–H and O–H groups in total. The fraction of sp³-hybridized carbons (Fsp3) is 0.938. The van der Waals surface area contributed by atoms with Crippen molar-refractivity contribution in [1.82, 2.24) is 16.0 Å². The molecule has 1 aliphatic heterocycles. The highest BCUT2D eigenvalue weighted by atomic mass is 16.3. The zero-order valence-electron chi connectivity index (χ0n) is 14.5. The van der Waals surface area contributed by atoms with Gasteiger partial charge in [-0.1, -0.05) is 6.92 Å². The van der Waals surface area contributed by atoms with Gasteiger partial charge in [0.05, 0.1) is 0 Å². The third-order valence-electron chi connectivity index (χ3n) is 4.38. The largest absolute Gasteiger partial charge is 0.396 e. The van der Waals surface area contributed by atoms with Crippen molar-refractivity contribution in [3.63, 3.8) is 0 Å². The molecule has 1 atom stereocenters. The summed E-state index contributed by atoms with van der Waals surface area (Å²) in [5, 5.41) is 18.9. The highest BCUT2D eigenvalue weighted by molar-refractivity contribution is 5.75. The number of urea groups is 1. The van der Waals surface area contributed by atoms with Crippen molar-refractivity contribution in [1.29, 1.82) is 0 Å². The minimum Gasteiger partial charge on any atom is -0.396 e. The molecular formula is C16H33N3O2. The van der Waals surface area contributed by atoms with Crippen molar-refractivity contribution in [2.24, 2.45) is 0 Å². The van der Waals surface area contributed by atoms with Gasteiger partial charge in [-0.15, -0.1) is 0 Å². The Labute approximate surface area is 129 Å². The van der Waals surface area contributed by atoms with E-state index in [1.165, 1.54) is 0 Å². The first-order valence-corrected chi connectivity index (χ1v) is 8.00. The molecule has 0 aromatic carbocycles. The molecule has 124 valence electrons. The van der Waals surface area contributed by atoms with Gasteiger partial charge < -0.3 is 21.1 Å². The molecule has 1 unspecified atom stereocenters. The first-order chi connectivity index (χ1) is 9.51. The van der Waals surface area contributed by atoms with Crippen molar-refractivity contribution < 1.29 is 9.90 Å². The number of carbonyl (C=O) groups is 1. The highest BCUT2D eigenvalue weighted by Crippen LogP contribution is 2.28. The molecule has 5 nitrogen and oxygen atoms in total. The predicted molar refractivity (Wildman–Crippen MR) is 86.4 cm³/mol. The van der Waals surface area contributed by atoms with Gasteiger partial charge in [-0.25, -0.2) is 4.79 Å². The Hall–Kier alpha value is -0.810. The standard InChI is InChI=1S/C16H33N3O2/c1-7-16(6,8-9-20)18-13(21)17-12-10-14(2,3)19-15(4,5)11-12/h12,19-20H,7-11H2,1-6H3,(H2,17,18,21). The van der Waals surface area contributed by atoms with Crippen LogP contribution < -0.4 is 16.0 Å². The smallest absolute Gasteiger partial charge is 0.315 e. The van der Waals surface area contributed by atoms with Crippen LogP contribution in [0.5, 0.6) is 0 Å². The molecule has 5 heteroatoms. The number of amides is 2. The van der Waals surface area contributed by atoms with Crippen LogP contribution in [0.15, 0.2) is 0 Å². The predicted octanol–water partition coefficient (Wildman–Crippen LogP) is 2.15. The van der Waals surface area contributed by atoms with E-state index in [4.69, 9.17) is 5.11 Å². The summed E-state index contributed by atoms with van der Waals surface area (Å²) in [5.41, 5.74) is -0.325. The van der Waals surface area contributed by atoms with Crippen LogP contribution in [0.1, 0.15) is 67.2 Å². The average Bonchev–Trinajstić information content (AvgIpc) is 2.24. The number of aliphatic hydroxyl groups excluding tert-OH is 1. The first kappa shape index (κ1) is 18.2. The SMILES string of the molecule is CCC(C)(CCO)NC(=O)NC1CC(C)(C)NC(C)(C)C1. The topological polar surface area (TPSA) is 73.4 Å². The van der Waals surface area contributed by atoms with E-state index in [9.17, 15) is 4.79 Å². The van der Waals surface area contributed by atoms with E-state index in [0.29, 0.717) is 6.42 Å². The van der Waals surface area contributed by atoms with Crippen molar-refractivity contribution in [2.45, 2.75) is 89.9 Å². The van der Waals surface area contributed by atoms with Crippen molar-refractivity contribution in [3.05, 3.63) is 0 Å². The van der Waals surface area contributed by atoms with Crippen molar-refractivity contribution in [3.8, 4) is 0 Å². The lowest BCUT2D eigenvalue weighted by molar-refractivity contribution is 0.144. The van der Waals surface area contributed by atoms with Gasteiger partial charge in [-0.05, 0) is 60.3 Å². The summed E-state index contributed by atoms with van der Waals surface area (Å²) in [6.07, 6.45) is 3.18. The van der Waals surface area contributed by atoms with Crippen LogP contribution in [0.2, 0.25) is 0 Å². The summed E-state index contributed by atoms with van der Waals surface area (Å²) < 4.78 is 0. The minimum atomic E-state index is -0.350. The average molecular weight is 299 g/mol. The number of hydrogen-bond donors (Lipinski definition) is 4. The number of carbonyl (C=O) groups excluding carboxylic acids is 1. The van der Waals surface area contributed by atoms with E-state index in [1.54, 1.807) is 0 Å². The van der Waals surface area contributed by atoms with Crippen LogP contribution in [0.4, 0.5) is 4.79 Å². The number of piperidine rings is 1. The van der Waals surface area contributed by atoms with E-state index in [0.717, 1.165) is 19.3 Å². The maximum Gasteiger partial charge on any atom is 0.315 e. The van der Waals surface area contributed by atoms with E-state index >= 15 is 0 Å². The van der Waals surface area contributed by atoms with Gasteiger partial charge in [0.1, 0.15) is 0 Å². The molecule has 1 aliphatic rings. The third-order valence-corrected chi connectivity index (χ3v) is 4.38. The quantitative estimate of drug-likeness (QED) is 0.628. The van der Waals surface area contributed by atoms with Gasteiger partial charge in [0.15, 0.2) is 0 Å².